The molecule has 1 heterocycles. The summed E-state index contributed by atoms with van der Waals surface area (Å²) in [5.41, 5.74) is -0.524. The zero-order valence-electron chi connectivity index (χ0n) is 8.46. The number of hydrogen-bond acceptors (Lipinski definition) is 3. The van der Waals surface area contributed by atoms with Gasteiger partial charge in [-0.1, -0.05) is 0 Å². The Balaban J connectivity index is 2.89. The summed E-state index contributed by atoms with van der Waals surface area (Å²) in [4.78, 5) is 12.7. The van der Waals surface area contributed by atoms with E-state index in [2.05, 4.69) is 22.6 Å². The number of carbonyl (C=O) groups is 1. The Labute approximate surface area is 102 Å². The molecule has 1 aromatic heterocycles. The molecule has 0 aliphatic carbocycles. The molecule has 0 unspecified atom stereocenters. The van der Waals surface area contributed by atoms with E-state index >= 15 is 0 Å². The van der Waals surface area contributed by atoms with Gasteiger partial charge in [-0.15, -0.1) is 11.3 Å². The van der Waals surface area contributed by atoms with Crippen LogP contribution in [0.15, 0.2) is 12.1 Å². The molecule has 14 heavy (non-hydrogen) atoms. The third-order valence-electron chi connectivity index (χ3n) is 1.97. The summed E-state index contributed by atoms with van der Waals surface area (Å²) in [5, 5.41) is 0. The van der Waals surface area contributed by atoms with Crippen molar-refractivity contribution in [1.29, 1.82) is 0 Å². The molecule has 0 aliphatic rings. The summed E-state index contributed by atoms with van der Waals surface area (Å²) in [5.74, 6) is -0.154. The van der Waals surface area contributed by atoms with Crippen molar-refractivity contribution >= 4 is 39.9 Å². The van der Waals surface area contributed by atoms with E-state index in [0.29, 0.717) is 6.61 Å². The fourth-order valence-electron chi connectivity index (χ4n) is 1.06. The summed E-state index contributed by atoms with van der Waals surface area (Å²) >= 11 is 3.89. The van der Waals surface area contributed by atoms with Crippen LogP contribution in [0.2, 0.25) is 0 Å². The predicted molar refractivity (Wildman–Crippen MR) is 66.7 cm³/mol. The number of carbonyl (C=O) groups excluding carboxylic acids is 1. The molecule has 0 spiro atoms. The van der Waals surface area contributed by atoms with Gasteiger partial charge < -0.3 is 4.74 Å². The smallest absolute Gasteiger partial charge is 0.316 e. The fraction of sp³-hybridized carbons (Fsp3) is 0.500. The zero-order chi connectivity index (χ0) is 10.8. The molecule has 0 atom stereocenters. The molecule has 0 radical (unpaired) electrons. The Kier molecular flexibility index (Phi) is 3.94. The quantitative estimate of drug-likeness (QED) is 0.630. The third-order valence-corrected chi connectivity index (χ3v) is 4.19. The lowest BCUT2D eigenvalue weighted by Gasteiger charge is -2.20. The van der Waals surface area contributed by atoms with Crippen LogP contribution in [-0.4, -0.2) is 12.6 Å². The maximum absolute atomic E-state index is 11.7. The molecule has 0 amide bonds. The second kappa shape index (κ2) is 4.61. The van der Waals surface area contributed by atoms with Crippen LogP contribution in [0.25, 0.3) is 0 Å². The summed E-state index contributed by atoms with van der Waals surface area (Å²) in [6.45, 7) is 6.05. The van der Waals surface area contributed by atoms with Crippen LogP contribution >= 0.6 is 33.9 Å². The average molecular weight is 324 g/mol. The lowest BCUT2D eigenvalue weighted by atomic mass is 9.92. The van der Waals surface area contributed by atoms with Gasteiger partial charge in [0.05, 0.1) is 14.9 Å². The van der Waals surface area contributed by atoms with Crippen LogP contribution in [0.5, 0.6) is 0 Å². The molecular weight excluding hydrogens is 311 g/mol. The van der Waals surface area contributed by atoms with Gasteiger partial charge in [-0.2, -0.15) is 0 Å². The number of halogens is 1. The largest absolute Gasteiger partial charge is 0.465 e. The van der Waals surface area contributed by atoms with Crippen LogP contribution < -0.4 is 0 Å². The van der Waals surface area contributed by atoms with Gasteiger partial charge in [0, 0.05) is 4.88 Å². The number of thiophene rings is 1. The van der Waals surface area contributed by atoms with E-state index in [9.17, 15) is 4.79 Å². The van der Waals surface area contributed by atoms with Crippen LogP contribution in [0, 0.1) is 2.88 Å². The van der Waals surface area contributed by atoms with E-state index in [-0.39, 0.29) is 5.97 Å². The molecule has 1 aromatic rings. The van der Waals surface area contributed by atoms with Crippen molar-refractivity contribution in [3.05, 3.63) is 19.9 Å². The Morgan fingerprint density at radius 1 is 1.57 bits per heavy atom. The summed E-state index contributed by atoms with van der Waals surface area (Å²) in [6.07, 6.45) is 0. The van der Waals surface area contributed by atoms with Gasteiger partial charge in [0.2, 0.25) is 0 Å². The molecule has 0 aromatic carbocycles. The minimum Gasteiger partial charge on any atom is -0.465 e. The van der Waals surface area contributed by atoms with Gasteiger partial charge in [0.15, 0.2) is 0 Å². The van der Waals surface area contributed by atoms with E-state index in [1.54, 1.807) is 11.3 Å². The average Bonchev–Trinajstić information content (AvgIpc) is 2.52. The number of ether oxygens (including phenoxy) is 1. The molecule has 2 nitrogen and oxygen atoms in total. The fourth-order valence-corrected chi connectivity index (χ4v) is 2.77. The van der Waals surface area contributed by atoms with Crippen molar-refractivity contribution in [1.82, 2.24) is 0 Å². The lowest BCUT2D eigenvalue weighted by molar-refractivity contribution is -0.148. The lowest BCUT2D eigenvalue weighted by Crippen LogP contribution is -2.30. The van der Waals surface area contributed by atoms with Crippen LogP contribution in [0.3, 0.4) is 0 Å². The zero-order valence-corrected chi connectivity index (χ0v) is 11.4. The molecule has 0 aliphatic heterocycles. The van der Waals surface area contributed by atoms with Crippen LogP contribution in [0.4, 0.5) is 0 Å². The molecule has 0 fully saturated rings. The van der Waals surface area contributed by atoms with Crippen LogP contribution in [-0.2, 0) is 14.9 Å². The van der Waals surface area contributed by atoms with Crippen molar-refractivity contribution in [3.63, 3.8) is 0 Å². The van der Waals surface area contributed by atoms with Crippen LogP contribution in [0.1, 0.15) is 25.6 Å². The van der Waals surface area contributed by atoms with Crippen molar-refractivity contribution in [3.8, 4) is 0 Å². The van der Waals surface area contributed by atoms with Gasteiger partial charge in [0.25, 0.3) is 0 Å². The molecule has 4 heteroatoms. The molecule has 78 valence electrons. The van der Waals surface area contributed by atoms with Gasteiger partial charge in [-0.3, -0.25) is 4.79 Å². The second-order valence-corrected chi connectivity index (χ2v) is 6.43. The molecule has 0 saturated carbocycles. The van der Waals surface area contributed by atoms with Crippen molar-refractivity contribution in [2.45, 2.75) is 26.2 Å². The van der Waals surface area contributed by atoms with E-state index in [1.807, 2.05) is 32.9 Å². The minimum atomic E-state index is -0.524. The number of hydrogen-bond donors (Lipinski definition) is 0. The van der Waals surface area contributed by atoms with Crippen molar-refractivity contribution in [2.24, 2.45) is 0 Å². The first-order valence-corrected chi connectivity index (χ1v) is 6.31. The highest BCUT2D eigenvalue weighted by atomic mass is 127. The Hall–Kier alpha value is -0.100. The Bertz CT molecular complexity index is 331. The first-order chi connectivity index (χ1) is 6.48. The van der Waals surface area contributed by atoms with Gasteiger partial charge >= 0.3 is 5.97 Å². The Morgan fingerprint density at radius 2 is 2.21 bits per heavy atom. The topological polar surface area (TPSA) is 26.3 Å². The molecule has 0 saturated heterocycles. The normalized spacial score (nSPS) is 11.4. The highest BCUT2D eigenvalue weighted by molar-refractivity contribution is 14.1. The minimum absolute atomic E-state index is 0.154. The summed E-state index contributed by atoms with van der Waals surface area (Å²) in [7, 11) is 0. The first kappa shape index (κ1) is 12.0. The maximum Gasteiger partial charge on any atom is 0.316 e. The first-order valence-electron chi connectivity index (χ1n) is 4.41. The van der Waals surface area contributed by atoms with E-state index in [1.165, 1.54) is 2.88 Å². The van der Waals surface area contributed by atoms with E-state index in [4.69, 9.17) is 4.74 Å². The van der Waals surface area contributed by atoms with Gasteiger partial charge in [-0.25, -0.2) is 0 Å². The van der Waals surface area contributed by atoms with Crippen molar-refractivity contribution < 1.29 is 9.53 Å². The summed E-state index contributed by atoms with van der Waals surface area (Å²) in [6, 6.07) is 4.00. The SMILES string of the molecule is CCOC(=O)C(C)(C)c1ccc(I)s1. The van der Waals surface area contributed by atoms with Crippen molar-refractivity contribution in [2.75, 3.05) is 6.61 Å². The second-order valence-electron chi connectivity index (χ2n) is 3.45. The molecule has 0 N–H and O–H groups in total. The van der Waals surface area contributed by atoms with Gasteiger partial charge in [-0.05, 0) is 55.5 Å². The van der Waals surface area contributed by atoms with Gasteiger partial charge in [0.1, 0.15) is 0 Å². The molecule has 1 rings (SSSR count). The molecular formula is C10H13IO2S. The standard InChI is InChI=1S/C10H13IO2S/c1-4-13-9(12)10(2,3)7-5-6-8(11)14-7/h5-6H,4H2,1-3H3. The summed E-state index contributed by atoms with van der Waals surface area (Å²) < 4.78 is 6.23. The van der Waals surface area contributed by atoms with E-state index in [0.717, 1.165) is 4.88 Å². The maximum atomic E-state index is 11.7. The molecule has 0 bridgehead atoms. The highest BCUT2D eigenvalue weighted by Gasteiger charge is 2.32. The monoisotopic (exact) mass is 324 g/mol. The predicted octanol–water partition coefficient (Wildman–Crippen LogP) is 3.19. The Morgan fingerprint density at radius 3 is 2.64 bits per heavy atom. The highest BCUT2D eigenvalue weighted by Crippen LogP contribution is 2.31. The van der Waals surface area contributed by atoms with E-state index < -0.39 is 5.41 Å². The number of esters is 1. The number of rotatable bonds is 3. The third kappa shape index (κ3) is 2.48.